The molecule has 1 saturated heterocycles. The first-order valence-electron chi connectivity index (χ1n) is 8.37. The maximum absolute atomic E-state index is 4.45. The van der Waals surface area contributed by atoms with Crippen LogP contribution in [0.25, 0.3) is 0 Å². The number of hydrogen-bond donors (Lipinski definition) is 1. The van der Waals surface area contributed by atoms with Gasteiger partial charge in [0.2, 0.25) is 0 Å². The number of benzene rings is 1. The number of aryl methyl sites for hydroxylation is 1. The maximum atomic E-state index is 4.45. The fourth-order valence-corrected chi connectivity index (χ4v) is 3.66. The topological polar surface area (TPSA) is 43.8 Å². The summed E-state index contributed by atoms with van der Waals surface area (Å²) in [6.45, 7) is 8.03. The van der Waals surface area contributed by atoms with Crippen molar-refractivity contribution < 1.29 is 0 Å². The van der Waals surface area contributed by atoms with E-state index in [1.54, 1.807) is 11.3 Å². The van der Waals surface area contributed by atoms with E-state index in [1.165, 1.54) is 10.4 Å². The predicted octanol–water partition coefficient (Wildman–Crippen LogP) is 2.34. The first-order valence-corrected chi connectivity index (χ1v) is 9.25. The highest BCUT2D eigenvalue weighted by atomic mass is 32.1. The van der Waals surface area contributed by atoms with Crippen LogP contribution in [0, 0.1) is 6.92 Å². The number of aliphatic imine (C=N–C) groups is 1. The van der Waals surface area contributed by atoms with Crippen LogP contribution in [0.2, 0.25) is 0 Å². The van der Waals surface area contributed by atoms with Crippen molar-refractivity contribution in [2.75, 3.05) is 33.2 Å². The molecule has 0 saturated carbocycles. The highest BCUT2D eigenvalue weighted by Crippen LogP contribution is 2.12. The summed E-state index contributed by atoms with van der Waals surface area (Å²) >= 11 is 1.69. The number of nitrogens with zero attached hydrogens (tertiary/aromatic N) is 4. The normalized spacial score (nSPS) is 16.4. The quantitative estimate of drug-likeness (QED) is 0.684. The lowest BCUT2D eigenvalue weighted by molar-refractivity contribution is 0.172. The minimum atomic E-state index is 0.799. The van der Waals surface area contributed by atoms with Gasteiger partial charge in [-0.15, -0.1) is 11.3 Å². The minimum absolute atomic E-state index is 0.799. The number of guanidine groups is 1. The van der Waals surface area contributed by atoms with Gasteiger partial charge in [0.05, 0.1) is 17.7 Å². The Morgan fingerprint density at radius 1 is 1.21 bits per heavy atom. The molecule has 2 aromatic rings. The summed E-state index contributed by atoms with van der Waals surface area (Å²) in [7, 11) is 1.86. The highest BCUT2D eigenvalue weighted by Gasteiger charge is 2.19. The molecule has 0 atom stereocenters. The summed E-state index contributed by atoms with van der Waals surface area (Å²) in [5.41, 5.74) is 4.39. The Labute approximate surface area is 148 Å². The van der Waals surface area contributed by atoms with Gasteiger partial charge in [0.15, 0.2) is 5.96 Å². The second-order valence-electron chi connectivity index (χ2n) is 6.01. The summed E-state index contributed by atoms with van der Waals surface area (Å²) in [5.74, 6) is 0.988. The Balaban J connectivity index is 1.48. The van der Waals surface area contributed by atoms with Crippen LogP contribution in [0.1, 0.15) is 16.1 Å². The van der Waals surface area contributed by atoms with Crippen LogP contribution in [-0.2, 0) is 13.1 Å². The fourth-order valence-electron chi connectivity index (χ4n) is 2.95. The van der Waals surface area contributed by atoms with Crippen LogP contribution < -0.4 is 5.32 Å². The van der Waals surface area contributed by atoms with Gasteiger partial charge in [-0.05, 0) is 12.5 Å². The summed E-state index contributed by atoms with van der Waals surface area (Å²) in [5, 5.41) is 3.47. The largest absolute Gasteiger partial charge is 0.351 e. The third-order valence-corrected chi connectivity index (χ3v) is 5.32. The molecule has 24 heavy (non-hydrogen) atoms. The van der Waals surface area contributed by atoms with Crippen molar-refractivity contribution in [3.05, 3.63) is 52.0 Å². The molecular formula is C18H25N5S. The van der Waals surface area contributed by atoms with E-state index in [1.807, 2.05) is 12.6 Å². The van der Waals surface area contributed by atoms with Crippen molar-refractivity contribution in [2.45, 2.75) is 20.0 Å². The number of rotatable bonds is 4. The smallest absolute Gasteiger partial charge is 0.194 e. The molecule has 1 aliphatic rings. The fraction of sp³-hybridized carbons (Fsp3) is 0.444. The van der Waals surface area contributed by atoms with Gasteiger partial charge >= 0.3 is 0 Å². The van der Waals surface area contributed by atoms with Crippen molar-refractivity contribution in [3.8, 4) is 0 Å². The Bertz CT molecular complexity index is 659. The molecule has 128 valence electrons. The lowest BCUT2D eigenvalue weighted by atomic mass is 10.2. The predicted molar refractivity (Wildman–Crippen MR) is 100 cm³/mol. The third-order valence-electron chi connectivity index (χ3n) is 4.38. The molecule has 1 N–H and O–H groups in total. The number of thiazole rings is 1. The molecule has 0 amide bonds. The average Bonchev–Trinajstić information content (AvgIpc) is 3.03. The summed E-state index contributed by atoms with van der Waals surface area (Å²) in [6.07, 6.45) is 0. The lowest BCUT2D eigenvalue weighted by Gasteiger charge is -2.36. The molecule has 0 unspecified atom stereocenters. The van der Waals surface area contributed by atoms with Gasteiger partial charge in [-0.1, -0.05) is 30.3 Å². The molecule has 0 bridgehead atoms. The van der Waals surface area contributed by atoms with E-state index in [4.69, 9.17) is 0 Å². The molecule has 1 aliphatic heterocycles. The van der Waals surface area contributed by atoms with Crippen molar-refractivity contribution in [1.82, 2.24) is 20.1 Å². The van der Waals surface area contributed by atoms with E-state index >= 15 is 0 Å². The van der Waals surface area contributed by atoms with Gasteiger partial charge in [-0.2, -0.15) is 0 Å². The highest BCUT2D eigenvalue weighted by molar-refractivity contribution is 7.09. The number of nitrogens with one attached hydrogen (secondary N) is 1. The van der Waals surface area contributed by atoms with E-state index in [0.717, 1.165) is 50.9 Å². The summed E-state index contributed by atoms with van der Waals surface area (Å²) in [4.78, 5) is 14.9. The molecule has 1 aromatic carbocycles. The molecule has 6 heteroatoms. The molecule has 0 radical (unpaired) electrons. The first kappa shape index (κ1) is 16.9. The molecular weight excluding hydrogens is 318 g/mol. The SMILES string of the molecule is CN=C(NCc1scnc1C)N1CCN(Cc2ccccc2)CC1. The van der Waals surface area contributed by atoms with E-state index in [0.29, 0.717) is 0 Å². The minimum Gasteiger partial charge on any atom is -0.351 e. The molecule has 3 rings (SSSR count). The summed E-state index contributed by atoms with van der Waals surface area (Å²) < 4.78 is 0. The number of hydrogen-bond acceptors (Lipinski definition) is 4. The van der Waals surface area contributed by atoms with Gasteiger partial charge in [0.25, 0.3) is 0 Å². The van der Waals surface area contributed by atoms with E-state index in [-0.39, 0.29) is 0 Å². The van der Waals surface area contributed by atoms with Crippen LogP contribution in [0.4, 0.5) is 0 Å². The molecule has 1 aromatic heterocycles. The molecule has 5 nitrogen and oxygen atoms in total. The Morgan fingerprint density at radius 3 is 2.58 bits per heavy atom. The Hall–Kier alpha value is -1.92. The second kappa shape index (κ2) is 8.26. The van der Waals surface area contributed by atoms with Crippen LogP contribution in [-0.4, -0.2) is 54.0 Å². The molecule has 2 heterocycles. The van der Waals surface area contributed by atoms with Gasteiger partial charge in [-0.25, -0.2) is 4.98 Å². The van der Waals surface area contributed by atoms with Crippen molar-refractivity contribution in [1.29, 1.82) is 0 Å². The second-order valence-corrected chi connectivity index (χ2v) is 6.95. The van der Waals surface area contributed by atoms with Crippen LogP contribution in [0.3, 0.4) is 0 Å². The van der Waals surface area contributed by atoms with Crippen LogP contribution >= 0.6 is 11.3 Å². The lowest BCUT2D eigenvalue weighted by Crippen LogP contribution is -2.52. The van der Waals surface area contributed by atoms with E-state index < -0.39 is 0 Å². The van der Waals surface area contributed by atoms with Crippen molar-refractivity contribution in [2.24, 2.45) is 4.99 Å². The molecule has 0 spiro atoms. The van der Waals surface area contributed by atoms with Crippen LogP contribution in [0.5, 0.6) is 0 Å². The average molecular weight is 344 g/mol. The summed E-state index contributed by atoms with van der Waals surface area (Å²) in [6, 6.07) is 10.7. The first-order chi connectivity index (χ1) is 11.8. The van der Waals surface area contributed by atoms with Gasteiger partial charge in [-0.3, -0.25) is 9.89 Å². The van der Waals surface area contributed by atoms with E-state index in [9.17, 15) is 0 Å². The Kier molecular flexibility index (Phi) is 5.82. The third kappa shape index (κ3) is 4.33. The maximum Gasteiger partial charge on any atom is 0.194 e. The molecule has 1 fully saturated rings. The van der Waals surface area contributed by atoms with Gasteiger partial charge in [0, 0.05) is 44.6 Å². The zero-order chi connectivity index (χ0) is 16.8. The van der Waals surface area contributed by atoms with Gasteiger partial charge < -0.3 is 10.2 Å². The van der Waals surface area contributed by atoms with Crippen molar-refractivity contribution in [3.63, 3.8) is 0 Å². The molecule has 0 aliphatic carbocycles. The van der Waals surface area contributed by atoms with E-state index in [2.05, 4.69) is 62.3 Å². The number of aromatic nitrogens is 1. The zero-order valence-electron chi connectivity index (χ0n) is 14.4. The standard InChI is InChI=1S/C18H25N5S/c1-15-17(24-14-21-15)12-20-18(19-2)23-10-8-22(9-11-23)13-16-6-4-3-5-7-16/h3-7,14H,8-13H2,1-2H3,(H,19,20). The zero-order valence-corrected chi connectivity index (χ0v) is 15.2. The monoisotopic (exact) mass is 343 g/mol. The van der Waals surface area contributed by atoms with Gasteiger partial charge in [0.1, 0.15) is 0 Å². The van der Waals surface area contributed by atoms with Crippen molar-refractivity contribution >= 4 is 17.3 Å². The van der Waals surface area contributed by atoms with Crippen LogP contribution in [0.15, 0.2) is 40.8 Å². The Morgan fingerprint density at radius 2 is 1.96 bits per heavy atom. The number of piperazine rings is 1.